The predicted molar refractivity (Wildman–Crippen MR) is 344 cm³/mol. The second kappa shape index (κ2) is 26.2. The van der Waals surface area contributed by atoms with E-state index < -0.39 is 12.2 Å². The second-order valence-electron chi connectivity index (χ2n) is 24.9. The number of likely N-dealkylation sites (N-methyl/N-ethyl adjacent to an activating group) is 2. The minimum atomic E-state index is -0.511. The van der Waals surface area contributed by atoms with Crippen molar-refractivity contribution in [3.63, 3.8) is 0 Å². The third kappa shape index (κ3) is 13.3. The third-order valence-corrected chi connectivity index (χ3v) is 18.2. The summed E-state index contributed by atoms with van der Waals surface area (Å²) < 4.78 is 23.5. The molecule has 4 aliphatic heterocycles. The summed E-state index contributed by atoms with van der Waals surface area (Å²) in [4.78, 5) is 49.9. The molecule has 19 nitrogen and oxygen atoms in total. The molecule has 4 fully saturated rings. The third-order valence-electron chi connectivity index (χ3n) is 18.0. The molecule has 0 spiro atoms. The lowest BCUT2D eigenvalue weighted by Gasteiger charge is -2.32. The predicted octanol–water partition coefficient (Wildman–Crippen LogP) is 9.21. The van der Waals surface area contributed by atoms with Gasteiger partial charge in [-0.25, -0.2) is 15.0 Å². The van der Waals surface area contributed by atoms with Crippen molar-refractivity contribution in [1.82, 2.24) is 48.6 Å². The lowest BCUT2D eigenvalue weighted by atomic mass is 9.82. The standard InChI is InChI=1S/C28H30N6O2.C24H25ClN4O2.C10H17BN2O2.C4H8O/c1-32-11-5-6-21-19(12-18-9-10-23(29-14-18)20-15-31-33(2)16-20)13-22-26(27(21)32)30-17-34(28(22)36)24-7-3-4-8-25(24)35;1-28-10-4-5-17-16(11-15-8-9-21(25)26-13-15)12-18-22(23(17)28)27-14-29(24(18)31)19-6-2-3-7-20(19)30;1-9(2)10(3,4)15-11(14-9)8-6-12-13(5)7-8;1-2-4-5-3-1/h5-6,9-10,13-17,24-25,35H,3-4,7-8,11-12H2,1-2H3;4-5,8-9,12-14,19-20,30H,2-3,6-7,10-11H2,1H3;6-7H,1-5H3;1-4H2/t24-,25-;19-,20-;;/m00../s1. The quantitative estimate of drug-likeness (QED) is 0.107. The first kappa shape index (κ1) is 61.3. The average molecular weight is 1200 g/mol. The number of ether oxygens (including phenoxy) is 1. The van der Waals surface area contributed by atoms with Crippen LogP contribution in [-0.4, -0.2) is 130 Å². The van der Waals surface area contributed by atoms with Crippen LogP contribution in [0.25, 0.3) is 45.2 Å². The first-order valence-electron chi connectivity index (χ1n) is 30.6. The number of aryl methyl sites for hydroxylation is 2. The smallest absolute Gasteiger partial charge is 0.399 e. The molecule has 2 saturated heterocycles. The van der Waals surface area contributed by atoms with Gasteiger partial charge in [-0.1, -0.05) is 73.7 Å². The molecule has 2 saturated carbocycles. The molecule has 2 aliphatic carbocycles. The van der Waals surface area contributed by atoms with Gasteiger partial charge in [-0.3, -0.25) is 33.1 Å². The number of fused-ring (bicyclic) bond motifs is 6. The van der Waals surface area contributed by atoms with Crippen LogP contribution in [-0.2, 0) is 41.0 Å². The Labute approximate surface area is 513 Å². The van der Waals surface area contributed by atoms with Crippen molar-refractivity contribution >= 4 is 69.5 Å². The summed E-state index contributed by atoms with van der Waals surface area (Å²) in [6.45, 7) is 11.7. The van der Waals surface area contributed by atoms with Gasteiger partial charge in [0.15, 0.2) is 0 Å². The molecule has 0 amide bonds. The summed E-state index contributed by atoms with van der Waals surface area (Å²) in [5.41, 5.74) is 11.9. The zero-order chi connectivity index (χ0) is 61.1. The Hall–Kier alpha value is -7.33. The highest BCUT2D eigenvalue weighted by molar-refractivity contribution is 6.62. The summed E-state index contributed by atoms with van der Waals surface area (Å²) in [6, 6.07) is 11.4. The lowest BCUT2D eigenvalue weighted by Crippen LogP contribution is -2.41. The summed E-state index contributed by atoms with van der Waals surface area (Å²) in [5, 5.41) is 31.1. The largest absolute Gasteiger partial charge is 0.498 e. The van der Waals surface area contributed by atoms with E-state index in [-0.39, 0.29) is 41.5 Å². The minimum Gasteiger partial charge on any atom is -0.399 e. The Morgan fingerprint density at radius 2 is 1.10 bits per heavy atom. The van der Waals surface area contributed by atoms with Gasteiger partial charge in [0.05, 0.1) is 82.2 Å². The van der Waals surface area contributed by atoms with Crippen LogP contribution >= 0.6 is 11.6 Å². The van der Waals surface area contributed by atoms with Crippen molar-refractivity contribution in [1.29, 1.82) is 0 Å². The molecule has 456 valence electrons. The SMILES string of the molecule is C1CCOC1.CN1CC=Cc2c(Cc3ccc(-c4cnn(C)c4)nc3)cc3c(=O)n([C@H]4CCCC[C@@H]4O)cnc3c21.CN1CC=Cc2c(Cc3ccc(Cl)nc3)cc3c(=O)n([C@H]4CCCC[C@@H]4O)cnc3c21.Cn1cc(B2OC(C)(C)C(C)(C)O2)cn1. The van der Waals surface area contributed by atoms with Gasteiger partial charge in [-0.05, 0) is 126 Å². The molecule has 4 atom stereocenters. The highest BCUT2D eigenvalue weighted by Gasteiger charge is 2.52. The highest BCUT2D eigenvalue weighted by Crippen LogP contribution is 2.39. The first-order chi connectivity index (χ1) is 41.8. The number of anilines is 2. The number of aromatic nitrogens is 10. The van der Waals surface area contributed by atoms with E-state index >= 15 is 0 Å². The van der Waals surface area contributed by atoms with Gasteiger partial charge in [0, 0.05) is 108 Å². The molecular weight excluding hydrogens is 1120 g/mol. The van der Waals surface area contributed by atoms with E-state index in [2.05, 4.69) is 60.3 Å². The minimum absolute atomic E-state index is 0.0806. The van der Waals surface area contributed by atoms with Crippen LogP contribution in [0.2, 0.25) is 5.15 Å². The number of benzene rings is 2. The van der Waals surface area contributed by atoms with Crippen LogP contribution in [0.1, 0.15) is 137 Å². The molecule has 6 aliphatic rings. The van der Waals surface area contributed by atoms with Crippen molar-refractivity contribution in [3.8, 4) is 11.3 Å². The first-order valence-corrected chi connectivity index (χ1v) is 30.9. The van der Waals surface area contributed by atoms with E-state index in [0.717, 1.165) is 145 Å². The number of pyridine rings is 2. The number of nitrogens with zero attached hydrogens (tertiary/aromatic N) is 12. The molecule has 14 rings (SSSR count). The molecule has 6 aromatic heterocycles. The number of hydrogen-bond donors (Lipinski definition) is 2. The van der Waals surface area contributed by atoms with Crippen LogP contribution in [0.15, 0.2) is 108 Å². The Kier molecular flexibility index (Phi) is 18.4. The van der Waals surface area contributed by atoms with E-state index in [0.29, 0.717) is 34.3 Å². The van der Waals surface area contributed by atoms with Crippen LogP contribution in [0.5, 0.6) is 0 Å². The molecule has 21 heteroatoms. The van der Waals surface area contributed by atoms with Crippen LogP contribution in [0.3, 0.4) is 0 Å². The monoisotopic (exact) mass is 1200 g/mol. The van der Waals surface area contributed by atoms with Crippen LogP contribution in [0, 0.1) is 0 Å². The molecule has 2 N–H and O–H groups in total. The van der Waals surface area contributed by atoms with E-state index in [1.807, 2.05) is 105 Å². The van der Waals surface area contributed by atoms with Gasteiger partial charge in [0.25, 0.3) is 11.1 Å². The zero-order valence-corrected chi connectivity index (χ0v) is 52.0. The summed E-state index contributed by atoms with van der Waals surface area (Å²) in [6.07, 6.45) is 32.8. The van der Waals surface area contributed by atoms with E-state index in [1.54, 1.807) is 49.6 Å². The molecule has 0 radical (unpaired) electrons. The molecule has 8 aromatic rings. The second-order valence-corrected chi connectivity index (χ2v) is 25.2. The van der Waals surface area contributed by atoms with Gasteiger partial charge in [0.2, 0.25) is 0 Å². The number of halogens is 1. The van der Waals surface area contributed by atoms with Crippen molar-refractivity contribution in [2.75, 3.05) is 50.2 Å². The van der Waals surface area contributed by atoms with Gasteiger partial charge < -0.3 is 34.1 Å². The maximum atomic E-state index is 13.7. The number of hydrogen-bond acceptors (Lipinski definition) is 15. The highest BCUT2D eigenvalue weighted by atomic mass is 35.5. The Morgan fingerprint density at radius 3 is 1.53 bits per heavy atom. The average Bonchev–Trinajstić information content (AvgIpc) is 1.93. The topological polar surface area (TPSA) is 206 Å². The fraction of sp³-hybridized carbons (Fsp3) is 0.455. The number of rotatable bonds is 8. The molecule has 0 bridgehead atoms. The van der Waals surface area contributed by atoms with Gasteiger partial charge in [-0.15, -0.1) is 0 Å². The molecular formula is C66H80BClN12O7. The Balaban J connectivity index is 0.000000138. The maximum absolute atomic E-state index is 13.7. The van der Waals surface area contributed by atoms with Crippen LogP contribution in [0.4, 0.5) is 11.4 Å². The van der Waals surface area contributed by atoms with Crippen molar-refractivity contribution in [2.24, 2.45) is 14.1 Å². The Bertz CT molecular complexity index is 3900. The summed E-state index contributed by atoms with van der Waals surface area (Å²) in [7, 11) is 7.53. The number of aliphatic hydroxyl groups excluding tert-OH is 2. The normalized spacial score (nSPS) is 20.9. The Morgan fingerprint density at radius 1 is 0.609 bits per heavy atom. The van der Waals surface area contributed by atoms with Gasteiger partial charge >= 0.3 is 7.12 Å². The van der Waals surface area contributed by atoms with E-state index in [1.165, 1.54) is 12.8 Å². The zero-order valence-electron chi connectivity index (χ0n) is 51.3. The fourth-order valence-electron chi connectivity index (χ4n) is 12.5. The summed E-state index contributed by atoms with van der Waals surface area (Å²) in [5.74, 6) is 0. The molecule has 87 heavy (non-hydrogen) atoms. The molecule has 2 aromatic carbocycles. The van der Waals surface area contributed by atoms with Crippen molar-refractivity contribution < 1.29 is 24.3 Å². The van der Waals surface area contributed by atoms with Crippen molar-refractivity contribution in [3.05, 3.63) is 158 Å². The van der Waals surface area contributed by atoms with Crippen molar-refractivity contribution in [2.45, 2.75) is 140 Å². The van der Waals surface area contributed by atoms with Gasteiger partial charge in [0.1, 0.15) is 16.2 Å². The van der Waals surface area contributed by atoms with Crippen LogP contribution < -0.4 is 26.4 Å². The number of aliphatic hydroxyl groups is 2. The van der Waals surface area contributed by atoms with Gasteiger partial charge in [-0.2, -0.15) is 10.2 Å². The molecule has 0 unspecified atom stereocenters. The lowest BCUT2D eigenvalue weighted by molar-refractivity contribution is 0.00578. The van der Waals surface area contributed by atoms with E-state index in [4.69, 9.17) is 35.6 Å². The summed E-state index contributed by atoms with van der Waals surface area (Å²) >= 11 is 5.95. The molecule has 10 heterocycles. The maximum Gasteiger partial charge on any atom is 0.498 e. The van der Waals surface area contributed by atoms with E-state index in [9.17, 15) is 19.8 Å². The fourth-order valence-corrected chi connectivity index (χ4v) is 12.6.